The quantitative estimate of drug-likeness (QED) is 0.806. The third kappa shape index (κ3) is 4.40. The lowest BCUT2D eigenvalue weighted by Gasteiger charge is -2.11. The van der Waals surface area contributed by atoms with Crippen molar-refractivity contribution in [3.05, 3.63) is 29.3 Å². The number of carbonyl (C=O) groups is 1. The average Bonchev–Trinajstić information content (AvgIpc) is 2.42. The number of methoxy groups -OCH3 is 1. The lowest BCUT2D eigenvalue weighted by atomic mass is 10.1. The Bertz CT molecular complexity index is 388. The van der Waals surface area contributed by atoms with Gasteiger partial charge < -0.3 is 10.1 Å². The van der Waals surface area contributed by atoms with Crippen LogP contribution in [-0.2, 0) is 17.8 Å². The van der Waals surface area contributed by atoms with E-state index in [0.29, 0.717) is 13.0 Å². The van der Waals surface area contributed by atoms with E-state index in [2.05, 4.69) is 31.3 Å². The van der Waals surface area contributed by atoms with Gasteiger partial charge in [-0.25, -0.2) is 0 Å². The number of amides is 1. The Balaban J connectivity index is 2.62. The Hall–Kier alpha value is -1.51. The van der Waals surface area contributed by atoms with Gasteiger partial charge in [-0.2, -0.15) is 0 Å². The molecule has 0 atom stereocenters. The van der Waals surface area contributed by atoms with E-state index in [-0.39, 0.29) is 5.91 Å². The molecule has 0 radical (unpaired) electrons. The summed E-state index contributed by atoms with van der Waals surface area (Å²) in [7, 11) is 1.66. The van der Waals surface area contributed by atoms with Crippen LogP contribution in [0.1, 0.15) is 44.2 Å². The van der Waals surface area contributed by atoms with Crippen LogP contribution >= 0.6 is 0 Å². The van der Waals surface area contributed by atoms with Crippen LogP contribution in [0.3, 0.4) is 0 Å². The molecule has 0 bridgehead atoms. The lowest BCUT2D eigenvalue weighted by Crippen LogP contribution is -2.22. The van der Waals surface area contributed by atoms with Crippen LogP contribution in [-0.4, -0.2) is 13.0 Å². The zero-order chi connectivity index (χ0) is 13.4. The minimum absolute atomic E-state index is 0.112. The molecule has 1 amide bonds. The first-order valence-electron chi connectivity index (χ1n) is 6.63. The molecule has 0 unspecified atom stereocenters. The zero-order valence-corrected chi connectivity index (χ0v) is 11.6. The Morgan fingerprint density at radius 3 is 2.72 bits per heavy atom. The third-order valence-corrected chi connectivity index (χ3v) is 2.99. The van der Waals surface area contributed by atoms with Gasteiger partial charge in [-0.15, -0.1) is 0 Å². The maximum absolute atomic E-state index is 11.6. The molecule has 0 aliphatic carbocycles. The van der Waals surface area contributed by atoms with Crippen molar-refractivity contribution in [3.8, 4) is 5.75 Å². The highest BCUT2D eigenvalue weighted by Crippen LogP contribution is 2.20. The molecule has 1 aromatic rings. The highest BCUT2D eigenvalue weighted by atomic mass is 16.5. The minimum atomic E-state index is 0.112. The normalized spacial score (nSPS) is 10.2. The monoisotopic (exact) mass is 249 g/mol. The summed E-state index contributed by atoms with van der Waals surface area (Å²) >= 11 is 0. The highest BCUT2D eigenvalue weighted by Gasteiger charge is 2.06. The summed E-state index contributed by atoms with van der Waals surface area (Å²) in [5.41, 5.74) is 2.30. The molecule has 0 saturated heterocycles. The number of hydrogen-bond donors (Lipinski definition) is 1. The third-order valence-electron chi connectivity index (χ3n) is 2.99. The maximum Gasteiger partial charge on any atom is 0.220 e. The smallest absolute Gasteiger partial charge is 0.220 e. The van der Waals surface area contributed by atoms with Gasteiger partial charge in [0.05, 0.1) is 7.11 Å². The SMILES string of the molecule is CCCCC(=O)NCc1cc(CC)ccc1OC. The van der Waals surface area contributed by atoms with E-state index >= 15 is 0 Å². The van der Waals surface area contributed by atoms with Gasteiger partial charge in [0.1, 0.15) is 5.75 Å². The van der Waals surface area contributed by atoms with Crippen molar-refractivity contribution >= 4 is 5.91 Å². The van der Waals surface area contributed by atoms with Crippen LogP contribution in [0, 0.1) is 0 Å². The number of nitrogens with one attached hydrogen (secondary N) is 1. The summed E-state index contributed by atoms with van der Waals surface area (Å²) < 4.78 is 5.31. The Morgan fingerprint density at radius 2 is 2.11 bits per heavy atom. The summed E-state index contributed by atoms with van der Waals surface area (Å²) in [5, 5.41) is 2.94. The molecule has 100 valence electrons. The fourth-order valence-electron chi connectivity index (χ4n) is 1.81. The summed E-state index contributed by atoms with van der Waals surface area (Å²) in [6, 6.07) is 6.12. The minimum Gasteiger partial charge on any atom is -0.496 e. The highest BCUT2D eigenvalue weighted by molar-refractivity contribution is 5.75. The maximum atomic E-state index is 11.6. The van der Waals surface area contributed by atoms with Gasteiger partial charge in [0.25, 0.3) is 0 Å². The largest absolute Gasteiger partial charge is 0.496 e. The number of benzene rings is 1. The molecule has 0 fully saturated rings. The number of rotatable bonds is 7. The lowest BCUT2D eigenvalue weighted by molar-refractivity contribution is -0.121. The van der Waals surface area contributed by atoms with Crippen molar-refractivity contribution in [2.75, 3.05) is 7.11 Å². The number of aryl methyl sites for hydroxylation is 1. The van der Waals surface area contributed by atoms with Gasteiger partial charge in [-0.3, -0.25) is 4.79 Å². The summed E-state index contributed by atoms with van der Waals surface area (Å²) in [5.74, 6) is 0.948. The molecule has 18 heavy (non-hydrogen) atoms. The topological polar surface area (TPSA) is 38.3 Å². The summed E-state index contributed by atoms with van der Waals surface area (Å²) in [6.07, 6.45) is 3.58. The molecule has 0 saturated carbocycles. The van der Waals surface area contributed by atoms with Crippen molar-refractivity contribution in [1.82, 2.24) is 5.32 Å². The second kappa shape index (κ2) is 7.75. The first kappa shape index (κ1) is 14.6. The molecule has 1 rings (SSSR count). The van der Waals surface area contributed by atoms with Crippen molar-refractivity contribution in [2.45, 2.75) is 46.1 Å². The van der Waals surface area contributed by atoms with Crippen LogP contribution in [0.4, 0.5) is 0 Å². The molecule has 1 aromatic carbocycles. The standard InChI is InChI=1S/C15H23NO2/c1-4-6-7-15(17)16-11-13-10-12(5-2)8-9-14(13)18-3/h8-10H,4-7,11H2,1-3H3,(H,16,17). The molecule has 0 aromatic heterocycles. The van der Waals surface area contributed by atoms with E-state index in [1.54, 1.807) is 7.11 Å². The average molecular weight is 249 g/mol. The van der Waals surface area contributed by atoms with Crippen LogP contribution in [0.2, 0.25) is 0 Å². The second-order valence-electron chi connectivity index (χ2n) is 4.38. The summed E-state index contributed by atoms with van der Waals surface area (Å²) in [6.45, 7) is 4.74. The Labute approximate surface area is 110 Å². The fourth-order valence-corrected chi connectivity index (χ4v) is 1.81. The van der Waals surface area contributed by atoms with E-state index < -0.39 is 0 Å². The molecule has 0 aliphatic heterocycles. The van der Waals surface area contributed by atoms with Crippen molar-refractivity contribution in [3.63, 3.8) is 0 Å². The zero-order valence-electron chi connectivity index (χ0n) is 11.6. The van der Waals surface area contributed by atoms with Crippen LogP contribution in [0.15, 0.2) is 18.2 Å². The van der Waals surface area contributed by atoms with Gasteiger partial charge in [-0.05, 0) is 24.5 Å². The van der Waals surface area contributed by atoms with E-state index in [9.17, 15) is 4.79 Å². The van der Waals surface area contributed by atoms with E-state index in [1.807, 2.05) is 6.07 Å². The molecular formula is C15H23NO2. The first-order valence-corrected chi connectivity index (χ1v) is 6.63. The molecule has 3 nitrogen and oxygen atoms in total. The molecule has 3 heteroatoms. The predicted molar refractivity (Wildman–Crippen MR) is 73.7 cm³/mol. The Kier molecular flexibility index (Phi) is 6.26. The van der Waals surface area contributed by atoms with Gasteiger partial charge >= 0.3 is 0 Å². The molecule has 0 spiro atoms. The van der Waals surface area contributed by atoms with Crippen molar-refractivity contribution in [1.29, 1.82) is 0 Å². The molecular weight excluding hydrogens is 226 g/mol. The van der Waals surface area contributed by atoms with E-state index in [4.69, 9.17) is 4.74 Å². The Morgan fingerprint density at radius 1 is 1.33 bits per heavy atom. The van der Waals surface area contributed by atoms with Crippen LogP contribution in [0.5, 0.6) is 5.75 Å². The van der Waals surface area contributed by atoms with Gasteiger partial charge in [0, 0.05) is 18.5 Å². The molecule has 1 N–H and O–H groups in total. The van der Waals surface area contributed by atoms with Crippen molar-refractivity contribution < 1.29 is 9.53 Å². The molecule has 0 heterocycles. The second-order valence-corrected chi connectivity index (χ2v) is 4.38. The molecule has 0 aliphatic rings. The van der Waals surface area contributed by atoms with Crippen LogP contribution < -0.4 is 10.1 Å². The van der Waals surface area contributed by atoms with E-state index in [0.717, 1.165) is 30.6 Å². The number of ether oxygens (including phenoxy) is 1. The predicted octanol–water partition coefficient (Wildman–Crippen LogP) is 3.06. The summed E-state index contributed by atoms with van der Waals surface area (Å²) in [4.78, 5) is 11.6. The van der Waals surface area contributed by atoms with Crippen LogP contribution in [0.25, 0.3) is 0 Å². The van der Waals surface area contributed by atoms with Crippen molar-refractivity contribution in [2.24, 2.45) is 0 Å². The van der Waals surface area contributed by atoms with E-state index in [1.165, 1.54) is 5.56 Å². The number of carbonyl (C=O) groups excluding carboxylic acids is 1. The van der Waals surface area contributed by atoms with Gasteiger partial charge in [0.2, 0.25) is 5.91 Å². The number of hydrogen-bond acceptors (Lipinski definition) is 2. The van der Waals surface area contributed by atoms with Gasteiger partial charge in [0.15, 0.2) is 0 Å². The fraction of sp³-hybridized carbons (Fsp3) is 0.533. The first-order chi connectivity index (χ1) is 8.71. The number of unbranched alkanes of at least 4 members (excludes halogenated alkanes) is 1. The van der Waals surface area contributed by atoms with Gasteiger partial charge in [-0.1, -0.05) is 32.4 Å².